The van der Waals surface area contributed by atoms with Crippen LogP contribution in [-0.4, -0.2) is 66.9 Å². The molecule has 0 unspecified atom stereocenters. The highest BCUT2D eigenvalue weighted by Gasteiger charge is 2.34. The number of nitrogens with one attached hydrogen (secondary N) is 1. The third-order valence-electron chi connectivity index (χ3n) is 16.5. The van der Waals surface area contributed by atoms with E-state index in [1.807, 2.05) is 97.0 Å². The number of alkyl halides is 3. The van der Waals surface area contributed by atoms with E-state index in [-0.39, 0.29) is 51.6 Å². The molecule has 1 aliphatic rings. The lowest BCUT2D eigenvalue weighted by atomic mass is 10.0. The SMILES string of the molecule is CCc1cc(-c2cccc(Cl)c2C)nc(N)n1.CCc1cc(-c2cccc(F)c2Cl)nc(N)n1.CCc1cc(-c2cccc(F)c2F)nc(N)n1.CCc1nc(N)nc(-c2cccc(Cl)c2Cl)c1C.CNc1cc(-c2cccc(C(F)(F)F)c2Cl)nc(N)n1.Cc1c(CC2CC2)nc(N)nc1-c1cccc(Cl)c1Cl. The molecule has 32 heteroatoms. The molecule has 568 valence electrons. The van der Waals surface area contributed by atoms with Crippen LogP contribution in [0.3, 0.4) is 0 Å². The lowest BCUT2D eigenvalue weighted by Crippen LogP contribution is -2.07. The zero-order valence-electron chi connectivity index (χ0n) is 60.0. The molecule has 6 aromatic carbocycles. The van der Waals surface area contributed by atoms with E-state index < -0.39 is 34.2 Å². The van der Waals surface area contributed by atoms with E-state index in [9.17, 15) is 26.3 Å². The molecule has 0 amide bonds. The molecule has 6 aromatic heterocycles. The van der Waals surface area contributed by atoms with Crippen LogP contribution in [0.2, 0.25) is 35.2 Å². The number of anilines is 7. The second-order valence-corrected chi connectivity index (χ2v) is 26.8. The van der Waals surface area contributed by atoms with Crippen LogP contribution in [0, 0.1) is 44.1 Å². The molecule has 0 radical (unpaired) electrons. The fourth-order valence-corrected chi connectivity index (χ4v) is 12.2. The van der Waals surface area contributed by atoms with Crippen LogP contribution < -0.4 is 39.7 Å². The Balaban J connectivity index is 0.000000165. The topological polar surface area (TPSA) is 323 Å². The van der Waals surface area contributed by atoms with Crippen LogP contribution in [0.25, 0.3) is 67.5 Å². The van der Waals surface area contributed by atoms with Gasteiger partial charge >= 0.3 is 6.18 Å². The molecule has 0 spiro atoms. The van der Waals surface area contributed by atoms with Gasteiger partial charge in [-0.25, -0.2) is 68.0 Å². The Labute approximate surface area is 661 Å². The molecular formula is C77H74Cl7F6N19. The minimum absolute atomic E-state index is 0.0488. The summed E-state index contributed by atoms with van der Waals surface area (Å²) in [6, 6.07) is 35.7. The number of rotatable bonds is 13. The maximum atomic E-state index is 13.6. The van der Waals surface area contributed by atoms with Gasteiger partial charge < -0.3 is 39.7 Å². The number of nitrogens with zero attached hydrogens (tertiary/aromatic N) is 12. The van der Waals surface area contributed by atoms with Gasteiger partial charge in [-0.2, -0.15) is 18.2 Å². The predicted molar refractivity (Wildman–Crippen MR) is 429 cm³/mol. The van der Waals surface area contributed by atoms with E-state index >= 15 is 0 Å². The lowest BCUT2D eigenvalue weighted by Gasteiger charge is -2.12. The van der Waals surface area contributed by atoms with Crippen molar-refractivity contribution in [3.05, 3.63) is 237 Å². The Morgan fingerprint density at radius 3 is 1.23 bits per heavy atom. The molecule has 13 rings (SSSR count). The second-order valence-electron chi connectivity index (χ2n) is 24.1. The molecule has 0 bridgehead atoms. The fourth-order valence-electron chi connectivity index (χ4n) is 10.7. The highest BCUT2D eigenvalue weighted by molar-refractivity contribution is 6.44. The number of nitrogen functional groups attached to an aromatic ring is 6. The molecule has 6 heterocycles. The van der Waals surface area contributed by atoms with Crippen molar-refractivity contribution in [1.29, 1.82) is 0 Å². The summed E-state index contributed by atoms with van der Waals surface area (Å²) < 4.78 is 78.5. The van der Waals surface area contributed by atoms with Gasteiger partial charge in [0.1, 0.15) is 11.6 Å². The van der Waals surface area contributed by atoms with Crippen LogP contribution in [0.5, 0.6) is 0 Å². The Morgan fingerprint density at radius 1 is 0.385 bits per heavy atom. The Hall–Kier alpha value is -9.99. The van der Waals surface area contributed by atoms with Crippen molar-refractivity contribution in [2.45, 2.75) is 99.6 Å². The minimum atomic E-state index is -4.53. The first-order valence-corrected chi connectivity index (χ1v) is 36.3. The second kappa shape index (κ2) is 38.4. The smallest absolute Gasteiger partial charge is 0.373 e. The van der Waals surface area contributed by atoms with Gasteiger partial charge in [0.2, 0.25) is 35.7 Å². The van der Waals surface area contributed by atoms with E-state index in [0.29, 0.717) is 60.9 Å². The monoisotopic (exact) mass is 1620 g/mol. The zero-order valence-corrected chi connectivity index (χ0v) is 65.3. The molecule has 1 saturated carbocycles. The highest BCUT2D eigenvalue weighted by atomic mass is 35.5. The summed E-state index contributed by atoms with van der Waals surface area (Å²) in [5.41, 5.74) is 47.2. The first kappa shape index (κ1) is 84.6. The molecular weight excluding hydrogens is 1550 g/mol. The molecule has 12 aromatic rings. The Morgan fingerprint density at radius 2 is 0.761 bits per heavy atom. The van der Waals surface area contributed by atoms with Crippen LogP contribution in [-0.2, 0) is 38.3 Å². The van der Waals surface area contributed by atoms with E-state index in [0.717, 1.165) is 122 Å². The van der Waals surface area contributed by atoms with Gasteiger partial charge in [-0.1, -0.05) is 176 Å². The molecule has 19 nitrogen and oxygen atoms in total. The molecule has 0 saturated heterocycles. The van der Waals surface area contributed by atoms with Gasteiger partial charge in [0.15, 0.2) is 11.6 Å². The van der Waals surface area contributed by atoms with Crippen molar-refractivity contribution < 1.29 is 26.3 Å². The maximum absolute atomic E-state index is 13.6. The van der Waals surface area contributed by atoms with E-state index in [2.05, 4.69) is 65.1 Å². The minimum Gasteiger partial charge on any atom is -0.373 e. The summed E-state index contributed by atoms with van der Waals surface area (Å²) in [5, 5.41) is 5.13. The Kier molecular flexibility index (Phi) is 29.8. The van der Waals surface area contributed by atoms with Gasteiger partial charge in [0.05, 0.1) is 69.9 Å². The molecule has 0 atom stereocenters. The van der Waals surface area contributed by atoms with Crippen LogP contribution in [0.1, 0.15) is 91.3 Å². The molecule has 109 heavy (non-hydrogen) atoms. The van der Waals surface area contributed by atoms with Crippen LogP contribution >= 0.6 is 81.2 Å². The number of hydrogen-bond donors (Lipinski definition) is 7. The highest BCUT2D eigenvalue weighted by Crippen LogP contribution is 2.42. The summed E-state index contributed by atoms with van der Waals surface area (Å²) in [5.74, 6) is -0.154. The van der Waals surface area contributed by atoms with Crippen molar-refractivity contribution in [2.75, 3.05) is 46.8 Å². The van der Waals surface area contributed by atoms with Crippen molar-refractivity contribution in [3.8, 4) is 67.5 Å². The molecule has 1 fully saturated rings. The van der Waals surface area contributed by atoms with Gasteiger partial charge in [-0.3, -0.25) is 0 Å². The van der Waals surface area contributed by atoms with E-state index in [4.69, 9.17) is 116 Å². The van der Waals surface area contributed by atoms with Crippen molar-refractivity contribution in [2.24, 2.45) is 5.92 Å². The number of aryl methyl sites for hydroxylation is 4. The largest absolute Gasteiger partial charge is 0.417 e. The normalized spacial score (nSPS) is 11.5. The van der Waals surface area contributed by atoms with E-state index in [1.165, 1.54) is 49.2 Å². The predicted octanol–water partition coefficient (Wildman–Crippen LogP) is 20.5. The number of halogens is 13. The van der Waals surface area contributed by atoms with Gasteiger partial charge in [0.25, 0.3) is 0 Å². The average molecular weight is 1630 g/mol. The van der Waals surface area contributed by atoms with Gasteiger partial charge in [-0.15, -0.1) is 0 Å². The van der Waals surface area contributed by atoms with Gasteiger partial charge in [0, 0.05) is 80.0 Å². The zero-order chi connectivity index (χ0) is 79.7. The summed E-state index contributed by atoms with van der Waals surface area (Å²) in [7, 11) is 1.61. The Bertz CT molecular complexity index is 4990. The van der Waals surface area contributed by atoms with Crippen LogP contribution in [0.15, 0.2) is 133 Å². The average Bonchev–Trinajstić information content (AvgIpc) is 1.33. The fraction of sp³-hybridized carbons (Fsp3) is 0.221. The molecule has 0 aliphatic heterocycles. The quantitative estimate of drug-likeness (QED) is 0.0527. The standard InChI is InChI=1S/C15H15Cl2N3.C13H13Cl2N3.C13H14ClN3.C12H10ClF3N4.C12H11ClFN3.C12H11F2N3/c1-8-12(7-9-5-6-9)19-15(18)20-14(8)10-3-2-4-11(16)13(10)17;1-3-10-7(2)12(18-13(16)17-10)8-5-4-6-9(14)11(8)15;1-3-9-7-12(17-13(15)16-9)10-5-4-6-11(14)8(10)2;1-18-9-5-8(19-11(17)20-9)6-3-2-4-7(10(6)13)12(14,15)16;1-2-7-6-10(17-12(15)16-7)8-4-3-5-9(14)11(8)13;1-2-7-6-10(17-12(15)16-7)8-4-3-5-9(13)11(8)14/h2-4,9H,5-7H2,1H3,(H2,18,19,20);4-6H,3H2,1-2H3,(H2,16,17,18);4-7H,3H2,1-2H3,(H2,15,16,17);2-5H,1H3,(H3,17,18,19,20);2*3-6H,2H2,1H3,(H2,15,16,17). The maximum Gasteiger partial charge on any atom is 0.417 e. The first-order valence-electron chi connectivity index (χ1n) is 33.6. The third kappa shape index (κ3) is 22.4. The van der Waals surface area contributed by atoms with Gasteiger partial charge in [-0.05, 0) is 149 Å². The molecule has 1 aliphatic carbocycles. The van der Waals surface area contributed by atoms with Crippen LogP contribution in [0.4, 0.5) is 67.9 Å². The summed E-state index contributed by atoms with van der Waals surface area (Å²) in [4.78, 5) is 49.5. The van der Waals surface area contributed by atoms with E-state index in [1.54, 1.807) is 43.4 Å². The molecule has 13 N–H and O–H groups in total. The number of benzene rings is 6. The lowest BCUT2D eigenvalue weighted by molar-refractivity contribution is -0.137. The van der Waals surface area contributed by atoms with Crippen molar-refractivity contribution in [3.63, 3.8) is 0 Å². The number of aromatic nitrogens is 12. The van der Waals surface area contributed by atoms with Crippen molar-refractivity contribution in [1.82, 2.24) is 59.8 Å². The number of hydrogen-bond acceptors (Lipinski definition) is 19. The summed E-state index contributed by atoms with van der Waals surface area (Å²) in [6.07, 6.45) is 1.99. The third-order valence-corrected chi connectivity index (χ3v) is 19.3. The van der Waals surface area contributed by atoms with Crippen molar-refractivity contribution >= 4 is 123 Å². The summed E-state index contributed by atoms with van der Waals surface area (Å²) >= 11 is 42.4. The number of nitrogens with two attached hydrogens (primary N) is 6. The summed E-state index contributed by atoms with van der Waals surface area (Å²) in [6.45, 7) is 13.9. The first-order chi connectivity index (χ1) is 51.8.